The lowest BCUT2D eigenvalue weighted by molar-refractivity contribution is 0.0204. The lowest BCUT2D eigenvalue weighted by Crippen LogP contribution is -2.45. The van der Waals surface area contributed by atoms with Gasteiger partial charge < -0.3 is 9.64 Å². The van der Waals surface area contributed by atoms with Crippen molar-refractivity contribution >= 4 is 11.9 Å². The van der Waals surface area contributed by atoms with Gasteiger partial charge in [-0.1, -0.05) is 30.3 Å². The average Bonchev–Trinajstić information content (AvgIpc) is 3.45. The van der Waals surface area contributed by atoms with E-state index < -0.39 is 11.0 Å². The molecule has 0 aromatic heterocycles. The number of amidine groups is 1. The Bertz CT molecular complexity index is 650. The number of carbonyl (C=O) groups excluding carboxylic acids is 1. The molecule has 3 rings (SSSR count). The van der Waals surface area contributed by atoms with E-state index in [1.54, 1.807) is 4.90 Å². The molecule has 6 nitrogen and oxygen atoms in total. The molecule has 2 fully saturated rings. The Morgan fingerprint density at radius 1 is 1.36 bits per heavy atom. The number of nitrogens with one attached hydrogen (secondary N) is 2. The Hall–Kier alpha value is -2.08. The Morgan fingerprint density at radius 3 is 2.52 bits per heavy atom. The predicted molar refractivity (Wildman–Crippen MR) is 94.8 cm³/mol. The van der Waals surface area contributed by atoms with Crippen molar-refractivity contribution in [3.05, 3.63) is 35.9 Å². The van der Waals surface area contributed by atoms with E-state index in [4.69, 9.17) is 15.4 Å². The van der Waals surface area contributed by atoms with Crippen LogP contribution in [0.2, 0.25) is 0 Å². The molecule has 2 aliphatic rings. The number of nitrogens with zero attached hydrogens (tertiary/aromatic N) is 1. The van der Waals surface area contributed by atoms with Crippen molar-refractivity contribution in [3.8, 4) is 0 Å². The lowest BCUT2D eigenvalue weighted by atomic mass is 10.0. The first-order valence-corrected chi connectivity index (χ1v) is 8.79. The number of benzene rings is 1. The molecule has 2 saturated carbocycles. The summed E-state index contributed by atoms with van der Waals surface area (Å²) in [7, 11) is 0. The molecule has 25 heavy (non-hydrogen) atoms. The Morgan fingerprint density at radius 2 is 2.00 bits per heavy atom. The highest BCUT2D eigenvalue weighted by molar-refractivity contribution is 5.87. The van der Waals surface area contributed by atoms with Crippen LogP contribution in [0.15, 0.2) is 30.3 Å². The molecule has 3 N–H and O–H groups in total. The highest BCUT2D eigenvalue weighted by atomic mass is 16.6. The molecule has 0 spiro atoms. The lowest BCUT2D eigenvalue weighted by Gasteiger charge is -2.31. The summed E-state index contributed by atoms with van der Waals surface area (Å²) in [6.45, 7) is 5.97. The largest absolute Gasteiger partial charge is 0.444 e. The van der Waals surface area contributed by atoms with Crippen molar-refractivity contribution < 1.29 is 14.7 Å². The molecule has 0 bridgehead atoms. The van der Waals surface area contributed by atoms with Gasteiger partial charge in [-0.2, -0.15) is 0 Å². The highest BCUT2D eigenvalue weighted by Gasteiger charge is 2.54. The summed E-state index contributed by atoms with van der Waals surface area (Å²) >= 11 is 0. The van der Waals surface area contributed by atoms with Crippen LogP contribution in [0.4, 0.5) is 4.79 Å². The van der Waals surface area contributed by atoms with Crippen LogP contribution in [0.1, 0.15) is 51.5 Å². The number of rotatable bonds is 5. The molecule has 2 atom stereocenters. The summed E-state index contributed by atoms with van der Waals surface area (Å²) < 4.78 is 5.61. The van der Waals surface area contributed by atoms with E-state index in [9.17, 15) is 4.79 Å². The molecule has 1 amide bonds. The number of amides is 1. The van der Waals surface area contributed by atoms with Crippen LogP contribution in [0.3, 0.4) is 0 Å². The molecule has 1 unspecified atom stereocenters. The molecule has 136 valence electrons. The van der Waals surface area contributed by atoms with Crippen molar-refractivity contribution in [2.24, 2.45) is 5.41 Å². The predicted octanol–water partition coefficient (Wildman–Crippen LogP) is 3.52. The molecule has 0 heterocycles. The number of carbonyl (C=O) groups is 1. The zero-order chi connectivity index (χ0) is 18.2. The molecule has 1 aromatic rings. The van der Waals surface area contributed by atoms with Crippen LogP contribution >= 0.6 is 0 Å². The first-order valence-electron chi connectivity index (χ1n) is 8.79. The third-order valence-electron chi connectivity index (χ3n) is 4.98. The number of hydroxylamine groups is 1. The molecule has 6 heteroatoms. The van der Waals surface area contributed by atoms with Crippen LogP contribution in [0.25, 0.3) is 0 Å². The van der Waals surface area contributed by atoms with E-state index in [0.29, 0.717) is 12.5 Å². The van der Waals surface area contributed by atoms with Gasteiger partial charge in [0.1, 0.15) is 11.4 Å². The first kappa shape index (κ1) is 17.7. The quantitative estimate of drug-likeness (QED) is 0.433. The van der Waals surface area contributed by atoms with E-state index in [1.807, 2.05) is 44.5 Å². The van der Waals surface area contributed by atoms with E-state index in [-0.39, 0.29) is 18.0 Å². The van der Waals surface area contributed by atoms with Gasteiger partial charge in [0.15, 0.2) is 0 Å². The van der Waals surface area contributed by atoms with Crippen molar-refractivity contribution in [2.75, 3.05) is 6.54 Å². The second kappa shape index (κ2) is 6.33. The van der Waals surface area contributed by atoms with Crippen LogP contribution in [0.5, 0.6) is 0 Å². The average molecular weight is 345 g/mol. The van der Waals surface area contributed by atoms with Gasteiger partial charge in [-0.05, 0) is 45.6 Å². The topological polar surface area (TPSA) is 85.7 Å². The summed E-state index contributed by atoms with van der Waals surface area (Å²) in [5.74, 6) is 0.388. The fourth-order valence-electron chi connectivity index (χ4n) is 3.30. The number of ether oxygens (including phenoxy) is 1. The summed E-state index contributed by atoms with van der Waals surface area (Å²) in [5, 5.41) is 17.1. The second-order valence-corrected chi connectivity index (χ2v) is 8.20. The van der Waals surface area contributed by atoms with Crippen LogP contribution < -0.4 is 5.48 Å². The van der Waals surface area contributed by atoms with Crippen LogP contribution in [-0.2, 0) is 4.74 Å². The maximum Gasteiger partial charge on any atom is 0.410 e. The summed E-state index contributed by atoms with van der Waals surface area (Å²) in [6.07, 6.45) is 2.15. The molecule has 0 saturated heterocycles. The Balaban J connectivity index is 1.76. The minimum absolute atomic E-state index is 0.0815. The summed E-state index contributed by atoms with van der Waals surface area (Å²) in [4.78, 5) is 14.5. The molecular formula is C19H27N3O3. The van der Waals surface area contributed by atoms with Crippen LogP contribution in [-0.4, -0.2) is 40.2 Å². The first-order chi connectivity index (χ1) is 11.8. The molecule has 0 aliphatic heterocycles. The minimum atomic E-state index is -0.564. The zero-order valence-corrected chi connectivity index (χ0v) is 15.1. The molecular weight excluding hydrogens is 318 g/mol. The van der Waals surface area contributed by atoms with Crippen molar-refractivity contribution in [2.45, 2.75) is 57.6 Å². The van der Waals surface area contributed by atoms with Gasteiger partial charge in [-0.25, -0.2) is 4.79 Å². The third kappa shape index (κ3) is 3.95. The van der Waals surface area contributed by atoms with Gasteiger partial charge in [0, 0.05) is 23.9 Å². The standard InChI is InChI=1S/C19H27N3O3/c1-18(2,3)25-17(23)22(12-19(9-10-19)16(20)21-24)15-11-14(15)13-7-5-4-6-8-13/h4-8,14-15,24H,9-12H2,1-3H3,(H2,20,21)/t14-,15?/m1/s1. The minimum Gasteiger partial charge on any atom is -0.444 e. The SMILES string of the molecule is CC(C)(C)OC(=O)N(CC1(C(=N)NO)CC1)C1C[C@@H]1c1ccccc1. The molecule has 0 radical (unpaired) electrons. The maximum atomic E-state index is 12.8. The summed E-state index contributed by atoms with van der Waals surface area (Å²) in [5.41, 5.74) is 2.16. The van der Waals surface area contributed by atoms with Gasteiger partial charge in [-0.3, -0.25) is 16.1 Å². The van der Waals surface area contributed by atoms with E-state index in [1.165, 1.54) is 5.56 Å². The van der Waals surface area contributed by atoms with Gasteiger partial charge in [-0.15, -0.1) is 0 Å². The van der Waals surface area contributed by atoms with Gasteiger partial charge in [0.2, 0.25) is 0 Å². The summed E-state index contributed by atoms with van der Waals surface area (Å²) in [6, 6.07) is 10.3. The van der Waals surface area contributed by atoms with Crippen LogP contribution in [0, 0.1) is 10.8 Å². The Labute approximate surface area is 148 Å². The van der Waals surface area contributed by atoms with Crippen molar-refractivity contribution in [1.82, 2.24) is 10.4 Å². The van der Waals surface area contributed by atoms with Gasteiger partial charge in [0.25, 0.3) is 0 Å². The number of hydrogen-bond donors (Lipinski definition) is 3. The normalized spacial score (nSPS) is 23.5. The van der Waals surface area contributed by atoms with Crippen molar-refractivity contribution in [3.63, 3.8) is 0 Å². The fraction of sp³-hybridized carbons (Fsp3) is 0.579. The molecule has 1 aromatic carbocycles. The maximum absolute atomic E-state index is 12.8. The smallest absolute Gasteiger partial charge is 0.410 e. The Kier molecular flexibility index (Phi) is 4.49. The monoisotopic (exact) mass is 345 g/mol. The van der Waals surface area contributed by atoms with Crippen molar-refractivity contribution in [1.29, 1.82) is 5.41 Å². The second-order valence-electron chi connectivity index (χ2n) is 8.20. The number of hydrogen-bond acceptors (Lipinski definition) is 4. The zero-order valence-electron chi connectivity index (χ0n) is 15.1. The van der Waals surface area contributed by atoms with E-state index in [2.05, 4.69) is 12.1 Å². The third-order valence-corrected chi connectivity index (χ3v) is 4.98. The van der Waals surface area contributed by atoms with E-state index >= 15 is 0 Å². The van der Waals surface area contributed by atoms with Gasteiger partial charge >= 0.3 is 6.09 Å². The molecule has 2 aliphatic carbocycles. The fourth-order valence-corrected chi connectivity index (χ4v) is 3.30. The highest BCUT2D eigenvalue weighted by Crippen LogP contribution is 2.51. The van der Waals surface area contributed by atoms with Gasteiger partial charge in [0.05, 0.1) is 0 Å². The van der Waals surface area contributed by atoms with E-state index in [0.717, 1.165) is 19.3 Å².